The van der Waals surface area contributed by atoms with Gasteiger partial charge in [0.2, 0.25) is 15.9 Å². The van der Waals surface area contributed by atoms with E-state index in [1.54, 1.807) is 11.0 Å². The fourth-order valence-electron chi connectivity index (χ4n) is 2.82. The van der Waals surface area contributed by atoms with E-state index < -0.39 is 10.0 Å². The summed E-state index contributed by atoms with van der Waals surface area (Å²) < 4.78 is 37.7. The molecule has 1 fully saturated rings. The molecule has 1 aliphatic rings. The van der Waals surface area contributed by atoms with Gasteiger partial charge in [0.1, 0.15) is 0 Å². The van der Waals surface area contributed by atoms with Crippen LogP contribution in [-0.2, 0) is 14.8 Å². The maximum Gasteiger partial charge on any atom is 0.243 e. The Morgan fingerprint density at radius 3 is 2.42 bits per heavy atom. The van der Waals surface area contributed by atoms with Gasteiger partial charge >= 0.3 is 0 Å². The maximum atomic E-state index is 13.1. The molecule has 146 valence electrons. The minimum atomic E-state index is -3.82. The predicted octanol–water partition coefficient (Wildman–Crippen LogP) is 0.536. The summed E-state index contributed by atoms with van der Waals surface area (Å²) in [4.78, 5) is 14.3. The summed E-state index contributed by atoms with van der Waals surface area (Å²) in [7, 11) is -0.882. The van der Waals surface area contributed by atoms with Gasteiger partial charge in [-0.3, -0.25) is 4.79 Å². The van der Waals surface area contributed by atoms with E-state index >= 15 is 0 Å². The third kappa shape index (κ3) is 4.66. The second-order valence-corrected chi connectivity index (χ2v) is 7.92. The van der Waals surface area contributed by atoms with Crippen molar-refractivity contribution < 1.29 is 22.7 Å². The van der Waals surface area contributed by atoms with Crippen LogP contribution in [0, 0.1) is 0 Å². The average molecular weight is 385 g/mol. The molecule has 8 nitrogen and oxygen atoms in total. The van der Waals surface area contributed by atoms with Gasteiger partial charge in [-0.05, 0) is 18.6 Å². The summed E-state index contributed by atoms with van der Waals surface area (Å²) in [6.07, 6.45) is 0.612. The summed E-state index contributed by atoms with van der Waals surface area (Å²) in [5.41, 5.74) is 0. The fraction of sp³-hybridized carbons (Fsp3) is 0.588. The Labute approximate surface area is 155 Å². The number of hydrogen-bond donors (Lipinski definition) is 1. The standard InChI is InChI=1S/C17H27N3O5S/c1-4-9-20(13-17(21)19-10-7-18-8-11-19)26(22,23)14-5-6-15(24-2)16(12-14)25-3/h5-6,12,18H,4,7-11,13H2,1-3H3. The number of methoxy groups -OCH3 is 2. The van der Waals surface area contributed by atoms with Crippen molar-refractivity contribution in [3.8, 4) is 11.5 Å². The summed E-state index contributed by atoms with van der Waals surface area (Å²) in [6.45, 7) is 4.62. The van der Waals surface area contributed by atoms with Gasteiger partial charge in [0, 0.05) is 38.8 Å². The van der Waals surface area contributed by atoms with Crippen molar-refractivity contribution in [2.75, 3.05) is 53.5 Å². The number of nitrogens with zero attached hydrogens (tertiary/aromatic N) is 2. The summed E-state index contributed by atoms with van der Waals surface area (Å²) >= 11 is 0. The lowest BCUT2D eigenvalue weighted by Crippen LogP contribution is -2.50. The van der Waals surface area contributed by atoms with Crippen molar-refractivity contribution in [2.45, 2.75) is 18.2 Å². The molecule has 2 rings (SSSR count). The molecule has 0 unspecified atom stereocenters. The van der Waals surface area contributed by atoms with Gasteiger partial charge in [0.15, 0.2) is 11.5 Å². The number of nitrogens with one attached hydrogen (secondary N) is 1. The Morgan fingerprint density at radius 2 is 1.85 bits per heavy atom. The van der Waals surface area contributed by atoms with Crippen LogP contribution in [0.4, 0.5) is 0 Å². The number of hydrogen-bond acceptors (Lipinski definition) is 6. The first-order valence-corrected chi connectivity index (χ1v) is 10.1. The van der Waals surface area contributed by atoms with Gasteiger partial charge in [-0.2, -0.15) is 4.31 Å². The van der Waals surface area contributed by atoms with E-state index in [1.807, 2.05) is 6.92 Å². The van der Waals surface area contributed by atoms with Crippen LogP contribution in [0.25, 0.3) is 0 Å². The molecule has 1 aromatic carbocycles. The van der Waals surface area contributed by atoms with E-state index in [1.165, 1.54) is 30.7 Å². The van der Waals surface area contributed by atoms with Gasteiger partial charge in [-0.1, -0.05) is 6.92 Å². The highest BCUT2D eigenvalue weighted by Gasteiger charge is 2.29. The van der Waals surface area contributed by atoms with E-state index in [0.29, 0.717) is 31.0 Å². The lowest BCUT2D eigenvalue weighted by atomic mass is 10.3. The first-order valence-electron chi connectivity index (χ1n) is 8.64. The number of ether oxygens (including phenoxy) is 2. The molecule has 0 spiro atoms. The Hall–Kier alpha value is -1.84. The lowest BCUT2D eigenvalue weighted by molar-refractivity contribution is -0.131. The molecule has 1 amide bonds. The molecule has 0 aliphatic carbocycles. The Balaban J connectivity index is 2.25. The van der Waals surface area contributed by atoms with Crippen LogP contribution in [-0.4, -0.2) is 77.0 Å². The first kappa shape index (κ1) is 20.5. The largest absolute Gasteiger partial charge is 0.493 e. The molecule has 0 radical (unpaired) electrons. The van der Waals surface area contributed by atoms with Crippen molar-refractivity contribution in [3.63, 3.8) is 0 Å². The number of piperazine rings is 1. The molecule has 1 N–H and O–H groups in total. The molecular weight excluding hydrogens is 358 g/mol. The van der Waals surface area contributed by atoms with Crippen molar-refractivity contribution in [1.82, 2.24) is 14.5 Å². The smallest absolute Gasteiger partial charge is 0.243 e. The molecule has 0 saturated carbocycles. The highest BCUT2D eigenvalue weighted by molar-refractivity contribution is 7.89. The van der Waals surface area contributed by atoms with Crippen molar-refractivity contribution in [3.05, 3.63) is 18.2 Å². The second-order valence-electron chi connectivity index (χ2n) is 5.99. The quantitative estimate of drug-likeness (QED) is 0.703. The van der Waals surface area contributed by atoms with Crippen LogP contribution in [0.2, 0.25) is 0 Å². The fourth-order valence-corrected chi connectivity index (χ4v) is 4.32. The predicted molar refractivity (Wildman–Crippen MR) is 98.0 cm³/mol. The molecule has 1 heterocycles. The van der Waals surface area contributed by atoms with Crippen LogP contribution in [0.3, 0.4) is 0 Å². The third-order valence-electron chi connectivity index (χ3n) is 4.25. The molecule has 1 aliphatic heterocycles. The van der Waals surface area contributed by atoms with E-state index in [9.17, 15) is 13.2 Å². The average Bonchev–Trinajstić information content (AvgIpc) is 2.67. The van der Waals surface area contributed by atoms with Gasteiger partial charge in [-0.25, -0.2) is 8.42 Å². The molecule has 26 heavy (non-hydrogen) atoms. The van der Waals surface area contributed by atoms with E-state index in [2.05, 4.69) is 5.32 Å². The first-order chi connectivity index (χ1) is 12.4. The zero-order valence-electron chi connectivity index (χ0n) is 15.5. The molecule has 1 aromatic rings. The summed E-state index contributed by atoms with van der Waals surface area (Å²) in [5, 5.41) is 3.18. The van der Waals surface area contributed by atoms with Gasteiger partial charge < -0.3 is 19.7 Å². The minimum Gasteiger partial charge on any atom is -0.493 e. The normalized spacial score (nSPS) is 15.2. The number of carbonyl (C=O) groups excluding carboxylic acids is 1. The number of benzene rings is 1. The Kier molecular flexibility index (Phi) is 7.24. The van der Waals surface area contributed by atoms with Crippen LogP contribution < -0.4 is 14.8 Å². The molecule has 9 heteroatoms. The van der Waals surface area contributed by atoms with Crippen LogP contribution in [0.15, 0.2) is 23.1 Å². The number of amides is 1. The molecule has 0 bridgehead atoms. The van der Waals surface area contributed by atoms with Crippen molar-refractivity contribution in [2.24, 2.45) is 0 Å². The third-order valence-corrected chi connectivity index (χ3v) is 6.09. The molecular formula is C17H27N3O5S. The van der Waals surface area contributed by atoms with Gasteiger partial charge in [0.25, 0.3) is 0 Å². The van der Waals surface area contributed by atoms with E-state index in [-0.39, 0.29) is 23.9 Å². The monoisotopic (exact) mass is 385 g/mol. The molecule has 0 aromatic heterocycles. The van der Waals surface area contributed by atoms with Crippen molar-refractivity contribution in [1.29, 1.82) is 0 Å². The van der Waals surface area contributed by atoms with Gasteiger partial charge in [-0.15, -0.1) is 0 Å². The maximum absolute atomic E-state index is 13.1. The lowest BCUT2D eigenvalue weighted by Gasteiger charge is -2.30. The number of sulfonamides is 1. The Morgan fingerprint density at radius 1 is 1.19 bits per heavy atom. The summed E-state index contributed by atoms with van der Waals surface area (Å²) in [5.74, 6) is 0.604. The zero-order valence-corrected chi connectivity index (χ0v) is 16.3. The Bertz CT molecular complexity index is 717. The summed E-state index contributed by atoms with van der Waals surface area (Å²) in [6, 6.07) is 4.44. The zero-order chi connectivity index (χ0) is 19.2. The van der Waals surface area contributed by atoms with Gasteiger partial charge in [0.05, 0.1) is 25.7 Å². The van der Waals surface area contributed by atoms with Crippen LogP contribution in [0.1, 0.15) is 13.3 Å². The van der Waals surface area contributed by atoms with Crippen LogP contribution >= 0.6 is 0 Å². The minimum absolute atomic E-state index is 0.0803. The molecule has 1 saturated heterocycles. The van der Waals surface area contributed by atoms with E-state index in [0.717, 1.165) is 13.1 Å². The second kappa shape index (κ2) is 9.20. The van der Waals surface area contributed by atoms with Crippen LogP contribution in [0.5, 0.6) is 11.5 Å². The SMILES string of the molecule is CCCN(CC(=O)N1CCNCC1)S(=O)(=O)c1ccc(OC)c(OC)c1. The number of carbonyl (C=O) groups is 1. The number of rotatable bonds is 8. The molecule has 0 atom stereocenters. The van der Waals surface area contributed by atoms with Crippen molar-refractivity contribution >= 4 is 15.9 Å². The highest BCUT2D eigenvalue weighted by atomic mass is 32.2. The topological polar surface area (TPSA) is 88.2 Å². The van der Waals surface area contributed by atoms with E-state index in [4.69, 9.17) is 9.47 Å². The highest BCUT2D eigenvalue weighted by Crippen LogP contribution is 2.30.